The van der Waals surface area contributed by atoms with Crippen molar-refractivity contribution in [3.8, 4) is 0 Å². The van der Waals surface area contributed by atoms with Gasteiger partial charge in [-0.1, -0.05) is 18.2 Å². The van der Waals surface area contributed by atoms with Gasteiger partial charge in [-0.3, -0.25) is 9.36 Å². The summed E-state index contributed by atoms with van der Waals surface area (Å²) in [6, 6.07) is 9.81. The van der Waals surface area contributed by atoms with Gasteiger partial charge in [0.2, 0.25) is 0 Å². The molecule has 1 amide bonds. The van der Waals surface area contributed by atoms with Crippen LogP contribution in [0.25, 0.3) is 0 Å². The molecule has 0 aliphatic carbocycles. The minimum atomic E-state index is -1.49. The largest absolute Gasteiger partial charge is 0.388 e. The quantitative estimate of drug-likeness (QED) is 0.566. The predicted octanol–water partition coefficient (Wildman–Crippen LogP) is -0.893. The molecule has 132 valence electrons. The molecule has 3 rings (SSSR count). The number of nitrogens with zero attached hydrogens (tertiary/aromatic N) is 2. The highest BCUT2D eigenvalue weighted by Gasteiger charge is 2.39. The topological polar surface area (TPSA) is 134 Å². The molecule has 0 radical (unpaired) electrons. The van der Waals surface area contributed by atoms with Gasteiger partial charge in [0.15, 0.2) is 6.23 Å². The monoisotopic (exact) mass is 347 g/mol. The molecular weight excluding hydrogens is 330 g/mol. The third kappa shape index (κ3) is 3.59. The molecule has 25 heavy (non-hydrogen) atoms. The Balaban J connectivity index is 1.77. The fraction of sp³-hybridized carbons (Fsp3) is 0.312. The van der Waals surface area contributed by atoms with Gasteiger partial charge >= 0.3 is 5.69 Å². The summed E-state index contributed by atoms with van der Waals surface area (Å²) in [6.45, 7) is -0.234. The zero-order chi connectivity index (χ0) is 18.0. The van der Waals surface area contributed by atoms with E-state index in [1.165, 1.54) is 12.3 Å². The SMILES string of the molecule is O=C(Nc1ccn(C2OCC(O)C(O)C2O)c(=O)n1)c1ccccc1. The van der Waals surface area contributed by atoms with Gasteiger partial charge in [-0.05, 0) is 18.2 Å². The Bertz CT molecular complexity index is 809. The minimum absolute atomic E-state index is 0.0426. The first-order chi connectivity index (χ1) is 12.0. The molecule has 4 N–H and O–H groups in total. The Labute approximate surface area is 142 Å². The molecule has 0 saturated carbocycles. The highest BCUT2D eigenvalue weighted by molar-refractivity contribution is 6.03. The number of hydrogen-bond acceptors (Lipinski definition) is 7. The van der Waals surface area contributed by atoms with Crippen molar-refractivity contribution in [3.63, 3.8) is 0 Å². The van der Waals surface area contributed by atoms with Crippen LogP contribution in [-0.2, 0) is 4.74 Å². The lowest BCUT2D eigenvalue weighted by Crippen LogP contribution is -2.52. The third-order valence-electron chi connectivity index (χ3n) is 3.86. The molecule has 0 bridgehead atoms. The third-order valence-corrected chi connectivity index (χ3v) is 3.86. The molecule has 1 saturated heterocycles. The van der Waals surface area contributed by atoms with Crippen LogP contribution in [0.3, 0.4) is 0 Å². The van der Waals surface area contributed by atoms with Crippen LogP contribution in [0.4, 0.5) is 5.82 Å². The van der Waals surface area contributed by atoms with Crippen molar-refractivity contribution >= 4 is 11.7 Å². The van der Waals surface area contributed by atoms with Gasteiger partial charge in [0.05, 0.1) is 6.61 Å². The summed E-state index contributed by atoms with van der Waals surface area (Å²) >= 11 is 0. The number of ether oxygens (including phenoxy) is 1. The second-order valence-corrected chi connectivity index (χ2v) is 5.60. The summed E-state index contributed by atoms with van der Waals surface area (Å²) in [6.07, 6.45) is -4.07. The maximum absolute atomic E-state index is 12.2. The van der Waals surface area contributed by atoms with Crippen LogP contribution in [0.5, 0.6) is 0 Å². The van der Waals surface area contributed by atoms with E-state index in [9.17, 15) is 24.9 Å². The van der Waals surface area contributed by atoms with E-state index in [0.717, 1.165) is 4.57 Å². The normalized spacial score (nSPS) is 26.2. The van der Waals surface area contributed by atoms with Crippen molar-refractivity contribution in [2.45, 2.75) is 24.5 Å². The van der Waals surface area contributed by atoms with E-state index < -0.39 is 36.1 Å². The average Bonchev–Trinajstić information content (AvgIpc) is 2.61. The van der Waals surface area contributed by atoms with Gasteiger partial charge in [0, 0.05) is 11.8 Å². The molecule has 2 heterocycles. The van der Waals surface area contributed by atoms with Gasteiger partial charge in [0.25, 0.3) is 5.91 Å². The Kier molecular flexibility index (Phi) is 4.91. The molecule has 1 aliphatic heterocycles. The van der Waals surface area contributed by atoms with Gasteiger partial charge in [-0.25, -0.2) is 4.79 Å². The maximum Gasteiger partial charge on any atom is 0.351 e. The first-order valence-corrected chi connectivity index (χ1v) is 7.59. The second kappa shape index (κ2) is 7.11. The molecule has 1 aromatic heterocycles. The van der Waals surface area contributed by atoms with Crippen LogP contribution in [-0.4, -0.2) is 55.7 Å². The lowest BCUT2D eigenvalue weighted by atomic mass is 10.0. The van der Waals surface area contributed by atoms with Crippen LogP contribution in [0.1, 0.15) is 16.6 Å². The zero-order valence-electron chi connectivity index (χ0n) is 13.0. The van der Waals surface area contributed by atoms with Crippen LogP contribution in [0, 0.1) is 0 Å². The number of anilines is 1. The number of nitrogens with one attached hydrogen (secondary N) is 1. The number of amides is 1. The summed E-state index contributed by atoms with van der Waals surface area (Å²) in [7, 11) is 0. The van der Waals surface area contributed by atoms with Crippen LogP contribution in [0.2, 0.25) is 0 Å². The van der Waals surface area contributed by atoms with E-state index in [2.05, 4.69) is 10.3 Å². The van der Waals surface area contributed by atoms with Crippen molar-refractivity contribution in [1.29, 1.82) is 0 Å². The molecule has 1 fully saturated rings. The molecular formula is C16H17N3O6. The van der Waals surface area contributed by atoms with E-state index in [4.69, 9.17) is 4.74 Å². The standard InChI is InChI=1S/C16H17N3O6/c20-10-8-25-15(13(22)12(10)21)19-7-6-11(18-16(19)24)17-14(23)9-4-2-1-3-5-9/h1-7,10,12-13,15,20-22H,8H2,(H,17,18,23,24). The Morgan fingerprint density at radius 2 is 1.88 bits per heavy atom. The number of carbonyl (C=O) groups is 1. The lowest BCUT2D eigenvalue weighted by molar-refractivity contribution is -0.212. The van der Waals surface area contributed by atoms with E-state index in [1.807, 2.05) is 0 Å². The molecule has 1 aromatic carbocycles. The highest BCUT2D eigenvalue weighted by atomic mass is 16.5. The number of aliphatic hydroxyl groups excluding tert-OH is 3. The number of hydrogen-bond donors (Lipinski definition) is 4. The Morgan fingerprint density at radius 1 is 1.16 bits per heavy atom. The van der Waals surface area contributed by atoms with Crippen LogP contribution < -0.4 is 11.0 Å². The van der Waals surface area contributed by atoms with Gasteiger partial charge in [0.1, 0.15) is 24.1 Å². The summed E-state index contributed by atoms with van der Waals surface area (Å²) in [5.74, 6) is -0.376. The molecule has 2 aromatic rings. The number of aliphatic hydroxyl groups is 3. The molecule has 0 spiro atoms. The number of rotatable bonds is 3. The summed E-state index contributed by atoms with van der Waals surface area (Å²) < 4.78 is 6.19. The van der Waals surface area contributed by atoms with Crippen molar-refractivity contribution < 1.29 is 24.9 Å². The first kappa shape index (κ1) is 17.2. The fourth-order valence-corrected chi connectivity index (χ4v) is 2.49. The zero-order valence-corrected chi connectivity index (χ0v) is 13.0. The smallest absolute Gasteiger partial charge is 0.351 e. The number of carbonyl (C=O) groups excluding carboxylic acids is 1. The number of aromatic nitrogens is 2. The van der Waals surface area contributed by atoms with Crippen molar-refractivity contribution in [3.05, 3.63) is 58.6 Å². The van der Waals surface area contributed by atoms with Gasteiger partial charge in [-0.15, -0.1) is 0 Å². The van der Waals surface area contributed by atoms with Crippen molar-refractivity contribution in [2.75, 3.05) is 11.9 Å². The minimum Gasteiger partial charge on any atom is -0.388 e. The predicted molar refractivity (Wildman–Crippen MR) is 85.9 cm³/mol. The molecule has 9 nitrogen and oxygen atoms in total. The molecule has 4 atom stereocenters. The molecule has 1 aliphatic rings. The summed E-state index contributed by atoms with van der Waals surface area (Å²) in [5.41, 5.74) is -0.366. The van der Waals surface area contributed by atoms with Crippen LogP contribution >= 0.6 is 0 Å². The molecule has 4 unspecified atom stereocenters. The average molecular weight is 347 g/mol. The maximum atomic E-state index is 12.2. The summed E-state index contributed by atoms with van der Waals surface area (Å²) in [4.78, 5) is 27.9. The van der Waals surface area contributed by atoms with E-state index >= 15 is 0 Å². The van der Waals surface area contributed by atoms with Crippen molar-refractivity contribution in [1.82, 2.24) is 9.55 Å². The Hall–Kier alpha value is -2.59. The van der Waals surface area contributed by atoms with E-state index in [-0.39, 0.29) is 12.4 Å². The fourth-order valence-electron chi connectivity index (χ4n) is 2.49. The first-order valence-electron chi connectivity index (χ1n) is 7.59. The highest BCUT2D eigenvalue weighted by Crippen LogP contribution is 2.22. The van der Waals surface area contributed by atoms with Crippen molar-refractivity contribution in [2.24, 2.45) is 0 Å². The number of benzene rings is 1. The van der Waals surface area contributed by atoms with E-state index in [0.29, 0.717) is 5.56 Å². The van der Waals surface area contributed by atoms with E-state index in [1.54, 1.807) is 30.3 Å². The van der Waals surface area contributed by atoms with Gasteiger partial charge in [-0.2, -0.15) is 4.98 Å². The lowest BCUT2D eigenvalue weighted by Gasteiger charge is -2.35. The molecule has 9 heteroatoms. The Morgan fingerprint density at radius 3 is 2.56 bits per heavy atom. The van der Waals surface area contributed by atoms with Crippen LogP contribution in [0.15, 0.2) is 47.4 Å². The second-order valence-electron chi connectivity index (χ2n) is 5.60. The summed E-state index contributed by atoms with van der Waals surface area (Å²) in [5, 5.41) is 31.6. The van der Waals surface area contributed by atoms with Gasteiger partial charge < -0.3 is 25.4 Å².